The molecule has 8 heteroatoms. The molecule has 5 nitrogen and oxygen atoms in total. The highest BCUT2D eigenvalue weighted by molar-refractivity contribution is 5.55. The molecule has 0 radical (unpaired) electrons. The third-order valence-corrected chi connectivity index (χ3v) is 2.28. The number of nitro benzene ring substituents is 1. The van der Waals surface area contributed by atoms with Gasteiger partial charge >= 0.3 is 6.18 Å². The molecule has 1 aromatic rings. The molecule has 0 fully saturated rings. The van der Waals surface area contributed by atoms with Crippen LogP contribution >= 0.6 is 0 Å². The number of nitrogens with one attached hydrogen (secondary N) is 1. The Hall–Kier alpha value is -1.83. The fraction of sp³-hybridized carbons (Fsp3) is 0.455. The van der Waals surface area contributed by atoms with Gasteiger partial charge in [-0.3, -0.25) is 10.1 Å². The van der Waals surface area contributed by atoms with E-state index in [4.69, 9.17) is 4.74 Å². The maximum atomic E-state index is 12.7. The molecule has 0 aliphatic heterocycles. The van der Waals surface area contributed by atoms with Gasteiger partial charge in [-0.2, -0.15) is 13.2 Å². The minimum Gasteiger partial charge on any atom is -0.383 e. The standard InChI is InChI=1S/C11H13F3N2O3/c1-2-19-6-5-15-8-3-4-10(16(17)18)9(7-8)11(12,13)14/h3-4,7,15H,2,5-6H2,1H3. The van der Waals surface area contributed by atoms with E-state index in [1.54, 1.807) is 6.92 Å². The number of alkyl halides is 3. The van der Waals surface area contributed by atoms with E-state index in [0.717, 1.165) is 12.1 Å². The summed E-state index contributed by atoms with van der Waals surface area (Å²) in [5.74, 6) is 0. The zero-order chi connectivity index (χ0) is 14.5. The predicted octanol–water partition coefficient (Wildman–Crippen LogP) is 3.06. The van der Waals surface area contributed by atoms with Gasteiger partial charge in [-0.05, 0) is 19.1 Å². The third kappa shape index (κ3) is 4.40. The number of nitro groups is 1. The zero-order valence-electron chi connectivity index (χ0n) is 10.2. The summed E-state index contributed by atoms with van der Waals surface area (Å²) in [7, 11) is 0. The molecule has 1 aromatic carbocycles. The van der Waals surface area contributed by atoms with Crippen molar-refractivity contribution in [2.24, 2.45) is 0 Å². The summed E-state index contributed by atoms with van der Waals surface area (Å²) in [5, 5.41) is 13.3. The quantitative estimate of drug-likeness (QED) is 0.493. The first kappa shape index (κ1) is 15.2. The van der Waals surface area contributed by atoms with Crippen molar-refractivity contribution >= 4 is 11.4 Å². The minimum atomic E-state index is -4.76. The molecule has 0 aliphatic rings. The lowest BCUT2D eigenvalue weighted by atomic mass is 10.1. The van der Waals surface area contributed by atoms with Gasteiger partial charge in [0.2, 0.25) is 0 Å². The highest BCUT2D eigenvalue weighted by Gasteiger charge is 2.38. The fourth-order valence-corrected chi connectivity index (χ4v) is 1.44. The van der Waals surface area contributed by atoms with E-state index in [1.807, 2.05) is 0 Å². The highest BCUT2D eigenvalue weighted by atomic mass is 19.4. The second-order valence-electron chi connectivity index (χ2n) is 3.61. The van der Waals surface area contributed by atoms with Crippen molar-refractivity contribution in [3.63, 3.8) is 0 Å². The Morgan fingerprint density at radius 2 is 2.11 bits per heavy atom. The molecular weight excluding hydrogens is 265 g/mol. The van der Waals surface area contributed by atoms with Gasteiger partial charge in [0.15, 0.2) is 0 Å². The van der Waals surface area contributed by atoms with Crippen molar-refractivity contribution in [3.8, 4) is 0 Å². The third-order valence-electron chi connectivity index (χ3n) is 2.28. The van der Waals surface area contributed by atoms with Gasteiger partial charge in [-0.1, -0.05) is 0 Å². The lowest BCUT2D eigenvalue weighted by molar-refractivity contribution is -0.388. The number of nitrogens with zero attached hydrogens (tertiary/aromatic N) is 1. The van der Waals surface area contributed by atoms with Gasteiger partial charge in [0.25, 0.3) is 5.69 Å². The van der Waals surface area contributed by atoms with Crippen molar-refractivity contribution < 1.29 is 22.8 Å². The number of halogens is 3. The first-order chi connectivity index (χ1) is 8.86. The van der Waals surface area contributed by atoms with E-state index in [0.29, 0.717) is 19.8 Å². The number of hydrogen-bond acceptors (Lipinski definition) is 4. The Balaban J connectivity index is 2.90. The van der Waals surface area contributed by atoms with Crippen molar-refractivity contribution in [2.75, 3.05) is 25.1 Å². The molecule has 1 rings (SSSR count). The van der Waals surface area contributed by atoms with E-state index >= 15 is 0 Å². The molecule has 0 saturated heterocycles. The van der Waals surface area contributed by atoms with Crippen molar-refractivity contribution in [1.29, 1.82) is 0 Å². The molecular formula is C11H13F3N2O3. The number of benzene rings is 1. The number of hydrogen-bond donors (Lipinski definition) is 1. The molecule has 0 spiro atoms. The average molecular weight is 278 g/mol. The first-order valence-corrected chi connectivity index (χ1v) is 5.53. The summed E-state index contributed by atoms with van der Waals surface area (Å²) in [6.45, 7) is 2.97. The summed E-state index contributed by atoms with van der Waals surface area (Å²) in [6, 6.07) is 2.80. The van der Waals surface area contributed by atoms with Crippen LogP contribution in [0, 0.1) is 10.1 Å². The molecule has 0 atom stereocenters. The van der Waals surface area contributed by atoms with Crippen LogP contribution in [0.25, 0.3) is 0 Å². The minimum absolute atomic E-state index is 0.164. The van der Waals surface area contributed by atoms with Crippen LogP contribution in [0.1, 0.15) is 12.5 Å². The van der Waals surface area contributed by atoms with Gasteiger partial charge in [-0.15, -0.1) is 0 Å². The van der Waals surface area contributed by atoms with E-state index < -0.39 is 22.4 Å². The summed E-state index contributed by atoms with van der Waals surface area (Å²) in [6.07, 6.45) is -4.76. The lowest BCUT2D eigenvalue weighted by Crippen LogP contribution is -2.12. The maximum Gasteiger partial charge on any atom is 0.423 e. The largest absolute Gasteiger partial charge is 0.423 e. The van der Waals surface area contributed by atoms with Crippen LogP contribution in [0.3, 0.4) is 0 Å². The van der Waals surface area contributed by atoms with E-state index in [2.05, 4.69) is 5.32 Å². The van der Waals surface area contributed by atoms with Gasteiger partial charge < -0.3 is 10.1 Å². The van der Waals surface area contributed by atoms with Gasteiger partial charge in [0.1, 0.15) is 5.56 Å². The summed E-state index contributed by atoms with van der Waals surface area (Å²) in [5.41, 5.74) is -2.06. The number of anilines is 1. The summed E-state index contributed by atoms with van der Waals surface area (Å²) < 4.78 is 43.0. The molecule has 0 aliphatic carbocycles. The Morgan fingerprint density at radius 1 is 1.42 bits per heavy atom. The predicted molar refractivity (Wildman–Crippen MR) is 63.1 cm³/mol. The first-order valence-electron chi connectivity index (χ1n) is 5.53. The van der Waals surface area contributed by atoms with Crippen molar-refractivity contribution in [3.05, 3.63) is 33.9 Å². The van der Waals surface area contributed by atoms with Gasteiger partial charge in [0, 0.05) is 24.9 Å². The van der Waals surface area contributed by atoms with E-state index in [-0.39, 0.29) is 5.69 Å². The van der Waals surface area contributed by atoms with Crippen molar-refractivity contribution in [2.45, 2.75) is 13.1 Å². The number of rotatable bonds is 6. The molecule has 0 saturated carbocycles. The fourth-order valence-electron chi connectivity index (χ4n) is 1.44. The Morgan fingerprint density at radius 3 is 2.63 bits per heavy atom. The zero-order valence-corrected chi connectivity index (χ0v) is 10.2. The van der Waals surface area contributed by atoms with Crippen LogP contribution in [-0.4, -0.2) is 24.7 Å². The maximum absolute atomic E-state index is 12.7. The average Bonchev–Trinajstić information content (AvgIpc) is 2.33. The van der Waals surface area contributed by atoms with Gasteiger partial charge in [-0.25, -0.2) is 0 Å². The van der Waals surface area contributed by atoms with Crippen LogP contribution in [0.4, 0.5) is 24.5 Å². The summed E-state index contributed by atoms with van der Waals surface area (Å²) >= 11 is 0. The molecule has 0 bridgehead atoms. The van der Waals surface area contributed by atoms with E-state index in [1.165, 1.54) is 6.07 Å². The lowest BCUT2D eigenvalue weighted by Gasteiger charge is -2.11. The molecule has 106 valence electrons. The Kier molecular flexibility index (Phi) is 5.11. The second kappa shape index (κ2) is 6.37. The topological polar surface area (TPSA) is 64.4 Å². The Labute approximate surface area is 107 Å². The van der Waals surface area contributed by atoms with Crippen LogP contribution in [0.5, 0.6) is 0 Å². The van der Waals surface area contributed by atoms with Gasteiger partial charge in [0.05, 0.1) is 11.5 Å². The summed E-state index contributed by atoms with van der Waals surface area (Å²) in [4.78, 5) is 9.50. The normalized spacial score (nSPS) is 11.4. The number of ether oxygens (including phenoxy) is 1. The molecule has 0 unspecified atom stereocenters. The van der Waals surface area contributed by atoms with E-state index in [9.17, 15) is 23.3 Å². The van der Waals surface area contributed by atoms with Crippen LogP contribution in [-0.2, 0) is 10.9 Å². The Bertz CT molecular complexity index is 449. The highest BCUT2D eigenvalue weighted by Crippen LogP contribution is 2.37. The SMILES string of the molecule is CCOCCNc1ccc([N+](=O)[O-])c(C(F)(F)F)c1. The molecule has 0 amide bonds. The molecule has 0 aromatic heterocycles. The molecule has 0 heterocycles. The smallest absolute Gasteiger partial charge is 0.383 e. The van der Waals surface area contributed by atoms with Crippen LogP contribution in [0.15, 0.2) is 18.2 Å². The monoisotopic (exact) mass is 278 g/mol. The second-order valence-corrected chi connectivity index (χ2v) is 3.61. The molecule has 19 heavy (non-hydrogen) atoms. The van der Waals surface area contributed by atoms with Crippen molar-refractivity contribution in [1.82, 2.24) is 0 Å². The van der Waals surface area contributed by atoms with Crippen LogP contribution in [0.2, 0.25) is 0 Å². The molecule has 1 N–H and O–H groups in total. The van der Waals surface area contributed by atoms with Crippen LogP contribution < -0.4 is 5.32 Å².